The fourth-order valence-corrected chi connectivity index (χ4v) is 2.57. The fraction of sp³-hybridized carbons (Fsp3) is 0.211. The van der Waals surface area contributed by atoms with Crippen molar-refractivity contribution in [3.05, 3.63) is 59.1 Å². The second-order valence-corrected chi connectivity index (χ2v) is 5.46. The fourth-order valence-electron chi connectivity index (χ4n) is 2.57. The van der Waals surface area contributed by atoms with E-state index in [1.165, 1.54) is 25.3 Å². The van der Waals surface area contributed by atoms with Crippen LogP contribution in [0.25, 0.3) is 11.0 Å². The molecule has 0 unspecified atom stereocenters. The number of furan rings is 1. The standard InChI is InChI=1S/C19H17FO5/c1-11-14-9-13(20)5-7-15(14)25-18(11)19(21)24-10-12-4-6-16(22-2)17(8-12)23-3/h4-9H,10H2,1-3H3. The quantitative estimate of drug-likeness (QED) is 0.648. The number of hydrogen-bond donors (Lipinski definition) is 0. The molecular weight excluding hydrogens is 327 g/mol. The Labute approximate surface area is 143 Å². The van der Waals surface area contributed by atoms with Crippen molar-refractivity contribution in [3.63, 3.8) is 0 Å². The summed E-state index contributed by atoms with van der Waals surface area (Å²) in [5, 5.41) is 0.554. The van der Waals surface area contributed by atoms with E-state index in [0.29, 0.717) is 28.0 Å². The average molecular weight is 344 g/mol. The van der Waals surface area contributed by atoms with E-state index in [9.17, 15) is 9.18 Å². The predicted molar refractivity (Wildman–Crippen MR) is 89.6 cm³/mol. The molecule has 0 atom stereocenters. The van der Waals surface area contributed by atoms with E-state index in [2.05, 4.69) is 0 Å². The monoisotopic (exact) mass is 344 g/mol. The molecule has 1 heterocycles. The second-order valence-electron chi connectivity index (χ2n) is 5.46. The van der Waals surface area contributed by atoms with Gasteiger partial charge in [0.1, 0.15) is 18.0 Å². The summed E-state index contributed by atoms with van der Waals surface area (Å²) in [6, 6.07) is 9.34. The molecule has 130 valence electrons. The minimum atomic E-state index is -0.608. The van der Waals surface area contributed by atoms with Gasteiger partial charge >= 0.3 is 5.97 Å². The van der Waals surface area contributed by atoms with Crippen molar-refractivity contribution in [2.75, 3.05) is 14.2 Å². The molecule has 0 aliphatic carbocycles. The highest BCUT2D eigenvalue weighted by Crippen LogP contribution is 2.29. The Balaban J connectivity index is 1.78. The van der Waals surface area contributed by atoms with Gasteiger partial charge in [0.2, 0.25) is 5.76 Å². The molecule has 5 nitrogen and oxygen atoms in total. The third-order valence-electron chi connectivity index (χ3n) is 3.90. The molecule has 0 bridgehead atoms. The summed E-state index contributed by atoms with van der Waals surface area (Å²) in [5.74, 6) is 0.214. The summed E-state index contributed by atoms with van der Waals surface area (Å²) in [6.07, 6.45) is 0. The molecule has 0 N–H and O–H groups in total. The summed E-state index contributed by atoms with van der Waals surface area (Å²) in [5.41, 5.74) is 1.73. The van der Waals surface area contributed by atoms with Crippen LogP contribution in [-0.4, -0.2) is 20.2 Å². The number of esters is 1. The van der Waals surface area contributed by atoms with Crippen molar-refractivity contribution in [2.24, 2.45) is 0 Å². The molecule has 0 saturated carbocycles. The normalized spacial score (nSPS) is 10.7. The van der Waals surface area contributed by atoms with Gasteiger partial charge in [-0.3, -0.25) is 0 Å². The molecule has 0 spiro atoms. The molecular formula is C19H17FO5. The Bertz CT molecular complexity index is 929. The Morgan fingerprint density at radius 2 is 1.84 bits per heavy atom. The number of halogens is 1. The molecule has 3 rings (SSSR count). The van der Waals surface area contributed by atoms with Gasteiger partial charge in [0.25, 0.3) is 0 Å². The third kappa shape index (κ3) is 3.28. The number of carbonyl (C=O) groups is 1. The van der Waals surface area contributed by atoms with Crippen LogP contribution in [0, 0.1) is 12.7 Å². The molecule has 0 aliphatic rings. The molecule has 2 aromatic carbocycles. The number of rotatable bonds is 5. The number of carbonyl (C=O) groups excluding carboxylic acids is 1. The van der Waals surface area contributed by atoms with Gasteiger partial charge in [0.05, 0.1) is 14.2 Å². The van der Waals surface area contributed by atoms with Crippen molar-refractivity contribution in [2.45, 2.75) is 13.5 Å². The van der Waals surface area contributed by atoms with Crippen LogP contribution in [0.1, 0.15) is 21.7 Å². The van der Waals surface area contributed by atoms with Gasteiger partial charge in [-0.1, -0.05) is 6.07 Å². The first-order valence-corrected chi connectivity index (χ1v) is 7.60. The summed E-state index contributed by atoms with van der Waals surface area (Å²) in [6.45, 7) is 1.74. The van der Waals surface area contributed by atoms with Crippen LogP contribution in [0.5, 0.6) is 11.5 Å². The van der Waals surface area contributed by atoms with Crippen LogP contribution in [0.3, 0.4) is 0 Å². The van der Waals surface area contributed by atoms with Gasteiger partial charge in [-0.15, -0.1) is 0 Å². The lowest BCUT2D eigenvalue weighted by atomic mass is 10.1. The van der Waals surface area contributed by atoms with Gasteiger partial charge in [-0.2, -0.15) is 0 Å². The highest BCUT2D eigenvalue weighted by atomic mass is 19.1. The lowest BCUT2D eigenvalue weighted by Crippen LogP contribution is -2.05. The highest BCUT2D eigenvalue weighted by molar-refractivity contribution is 5.95. The molecule has 0 fully saturated rings. The zero-order chi connectivity index (χ0) is 18.0. The van der Waals surface area contributed by atoms with Crippen molar-refractivity contribution < 1.29 is 27.8 Å². The van der Waals surface area contributed by atoms with Crippen molar-refractivity contribution in [3.8, 4) is 11.5 Å². The lowest BCUT2D eigenvalue weighted by molar-refractivity contribution is 0.0437. The number of methoxy groups -OCH3 is 2. The zero-order valence-corrected chi connectivity index (χ0v) is 14.1. The second kappa shape index (κ2) is 6.84. The van der Waals surface area contributed by atoms with Crippen LogP contribution in [-0.2, 0) is 11.3 Å². The van der Waals surface area contributed by atoms with Crippen LogP contribution < -0.4 is 9.47 Å². The molecule has 1 aromatic heterocycles. The van der Waals surface area contributed by atoms with E-state index < -0.39 is 5.97 Å². The van der Waals surface area contributed by atoms with Crippen LogP contribution in [0.2, 0.25) is 0 Å². The van der Waals surface area contributed by atoms with E-state index in [1.807, 2.05) is 0 Å². The van der Waals surface area contributed by atoms with Gasteiger partial charge in [-0.05, 0) is 42.8 Å². The maximum absolute atomic E-state index is 13.3. The third-order valence-corrected chi connectivity index (χ3v) is 3.90. The molecule has 0 radical (unpaired) electrons. The summed E-state index contributed by atoms with van der Waals surface area (Å²) in [7, 11) is 3.08. The first kappa shape index (κ1) is 16.8. The van der Waals surface area contributed by atoms with E-state index in [-0.39, 0.29) is 18.2 Å². The first-order valence-electron chi connectivity index (χ1n) is 7.60. The number of fused-ring (bicyclic) bond motifs is 1. The van der Waals surface area contributed by atoms with Crippen LogP contribution in [0.15, 0.2) is 40.8 Å². The predicted octanol–water partition coefficient (Wildman–Crippen LogP) is 4.25. The number of aryl methyl sites for hydroxylation is 1. The lowest BCUT2D eigenvalue weighted by Gasteiger charge is -2.09. The smallest absolute Gasteiger partial charge is 0.374 e. The molecule has 0 amide bonds. The van der Waals surface area contributed by atoms with Gasteiger partial charge in [0, 0.05) is 10.9 Å². The van der Waals surface area contributed by atoms with E-state index in [0.717, 1.165) is 5.56 Å². The van der Waals surface area contributed by atoms with E-state index >= 15 is 0 Å². The first-order chi connectivity index (χ1) is 12.0. The topological polar surface area (TPSA) is 57.9 Å². The minimum absolute atomic E-state index is 0.0457. The Hall–Kier alpha value is -3.02. The maximum Gasteiger partial charge on any atom is 0.374 e. The Kier molecular flexibility index (Phi) is 4.61. The zero-order valence-electron chi connectivity index (χ0n) is 14.1. The molecule has 0 saturated heterocycles. The Morgan fingerprint density at radius 1 is 1.08 bits per heavy atom. The van der Waals surface area contributed by atoms with Crippen molar-refractivity contribution >= 4 is 16.9 Å². The summed E-state index contributed by atoms with van der Waals surface area (Å²) < 4.78 is 34.5. The Morgan fingerprint density at radius 3 is 2.56 bits per heavy atom. The number of benzene rings is 2. The molecule has 6 heteroatoms. The van der Waals surface area contributed by atoms with Crippen LogP contribution in [0.4, 0.5) is 4.39 Å². The maximum atomic E-state index is 13.3. The number of ether oxygens (including phenoxy) is 3. The van der Waals surface area contributed by atoms with E-state index in [1.54, 1.807) is 32.2 Å². The van der Waals surface area contributed by atoms with Crippen LogP contribution >= 0.6 is 0 Å². The number of hydrogen-bond acceptors (Lipinski definition) is 5. The SMILES string of the molecule is COc1ccc(COC(=O)c2oc3ccc(F)cc3c2C)cc1OC. The molecule has 25 heavy (non-hydrogen) atoms. The van der Waals surface area contributed by atoms with Crippen molar-refractivity contribution in [1.29, 1.82) is 0 Å². The average Bonchev–Trinajstić information content (AvgIpc) is 2.95. The highest BCUT2D eigenvalue weighted by Gasteiger charge is 2.19. The van der Waals surface area contributed by atoms with E-state index in [4.69, 9.17) is 18.6 Å². The molecule has 3 aromatic rings. The van der Waals surface area contributed by atoms with Gasteiger partial charge in [0.15, 0.2) is 11.5 Å². The largest absolute Gasteiger partial charge is 0.493 e. The molecule has 0 aliphatic heterocycles. The van der Waals surface area contributed by atoms with Gasteiger partial charge < -0.3 is 18.6 Å². The summed E-state index contributed by atoms with van der Waals surface area (Å²) >= 11 is 0. The van der Waals surface area contributed by atoms with Gasteiger partial charge in [-0.25, -0.2) is 9.18 Å². The van der Waals surface area contributed by atoms with Crippen molar-refractivity contribution in [1.82, 2.24) is 0 Å². The summed E-state index contributed by atoms with van der Waals surface area (Å²) in [4.78, 5) is 12.3. The minimum Gasteiger partial charge on any atom is -0.493 e.